The summed E-state index contributed by atoms with van der Waals surface area (Å²) in [5.74, 6) is -0.248. The molecule has 126 valence electrons. The quantitative estimate of drug-likeness (QED) is 0.899. The standard InChI is InChI=1S/C19H21NO3S/c21-18(6-5-15-3-1-2-4-17(15)19(22)23)20-10-7-14(8-11-20)16-9-12-24-13-16/h1-4,9,12-14H,5-8,10-11H2,(H,22,23). The predicted octanol–water partition coefficient (Wildman–Crippen LogP) is 3.79. The van der Waals surface area contributed by atoms with Gasteiger partial charge in [-0.05, 0) is 59.2 Å². The Labute approximate surface area is 145 Å². The van der Waals surface area contributed by atoms with E-state index in [4.69, 9.17) is 0 Å². The molecule has 0 bridgehead atoms. The molecule has 5 heteroatoms. The summed E-state index contributed by atoms with van der Waals surface area (Å²) in [6, 6.07) is 9.09. The number of thiophene rings is 1. The molecule has 3 rings (SSSR count). The highest BCUT2D eigenvalue weighted by Gasteiger charge is 2.24. The molecule has 1 fully saturated rings. The summed E-state index contributed by atoms with van der Waals surface area (Å²) in [5.41, 5.74) is 2.41. The van der Waals surface area contributed by atoms with Gasteiger partial charge in [-0.1, -0.05) is 18.2 Å². The molecule has 0 spiro atoms. The van der Waals surface area contributed by atoms with Crippen molar-refractivity contribution in [3.63, 3.8) is 0 Å². The molecule has 0 atom stereocenters. The number of carbonyl (C=O) groups is 2. The zero-order valence-corrected chi connectivity index (χ0v) is 14.3. The Kier molecular flexibility index (Phi) is 5.30. The van der Waals surface area contributed by atoms with Crippen molar-refractivity contribution in [2.75, 3.05) is 13.1 Å². The van der Waals surface area contributed by atoms with E-state index in [1.54, 1.807) is 29.5 Å². The van der Waals surface area contributed by atoms with E-state index in [0.717, 1.165) is 31.5 Å². The van der Waals surface area contributed by atoms with Crippen molar-refractivity contribution in [1.29, 1.82) is 0 Å². The molecule has 1 aromatic carbocycles. The second-order valence-electron chi connectivity index (χ2n) is 6.17. The molecule has 0 unspecified atom stereocenters. The molecular formula is C19H21NO3S. The lowest BCUT2D eigenvalue weighted by atomic mass is 9.91. The Balaban J connectivity index is 1.52. The molecule has 2 aromatic rings. The number of aryl methyl sites for hydroxylation is 1. The van der Waals surface area contributed by atoms with E-state index in [2.05, 4.69) is 16.8 Å². The first-order valence-electron chi connectivity index (χ1n) is 8.26. The van der Waals surface area contributed by atoms with Gasteiger partial charge in [0.2, 0.25) is 5.91 Å². The van der Waals surface area contributed by atoms with E-state index in [9.17, 15) is 14.7 Å². The molecule has 2 heterocycles. The zero-order valence-electron chi connectivity index (χ0n) is 13.5. The van der Waals surface area contributed by atoms with Crippen LogP contribution in [0, 0.1) is 0 Å². The first-order chi connectivity index (χ1) is 11.6. The number of piperidine rings is 1. The van der Waals surface area contributed by atoms with Crippen LogP contribution in [0.1, 0.15) is 46.7 Å². The van der Waals surface area contributed by atoms with Gasteiger partial charge < -0.3 is 10.0 Å². The average Bonchev–Trinajstić information content (AvgIpc) is 3.14. The highest BCUT2D eigenvalue weighted by atomic mass is 32.1. The molecular weight excluding hydrogens is 322 g/mol. The van der Waals surface area contributed by atoms with E-state index in [1.807, 2.05) is 11.0 Å². The number of likely N-dealkylation sites (tertiary alicyclic amines) is 1. The van der Waals surface area contributed by atoms with Crippen LogP contribution in [0.5, 0.6) is 0 Å². The molecule has 1 aromatic heterocycles. The van der Waals surface area contributed by atoms with Gasteiger partial charge in [0, 0.05) is 19.5 Å². The van der Waals surface area contributed by atoms with Gasteiger partial charge in [-0.2, -0.15) is 11.3 Å². The number of benzene rings is 1. The maximum Gasteiger partial charge on any atom is 0.335 e. The third-order valence-electron chi connectivity index (χ3n) is 4.72. The van der Waals surface area contributed by atoms with Crippen LogP contribution in [-0.2, 0) is 11.2 Å². The molecule has 4 nitrogen and oxygen atoms in total. The lowest BCUT2D eigenvalue weighted by molar-refractivity contribution is -0.132. The Morgan fingerprint density at radius 3 is 2.58 bits per heavy atom. The number of carboxylic acid groups (broad SMARTS) is 1. The first-order valence-corrected chi connectivity index (χ1v) is 9.20. The average molecular weight is 343 g/mol. The second-order valence-corrected chi connectivity index (χ2v) is 6.95. The summed E-state index contributed by atoms with van der Waals surface area (Å²) in [4.78, 5) is 25.6. The van der Waals surface area contributed by atoms with E-state index in [1.165, 1.54) is 5.56 Å². The van der Waals surface area contributed by atoms with Crippen LogP contribution in [0.4, 0.5) is 0 Å². The van der Waals surface area contributed by atoms with Crippen LogP contribution in [0.2, 0.25) is 0 Å². The Hall–Kier alpha value is -2.14. The SMILES string of the molecule is O=C(O)c1ccccc1CCC(=O)N1CCC(c2ccsc2)CC1. The van der Waals surface area contributed by atoms with Gasteiger partial charge in [0.1, 0.15) is 0 Å². The van der Waals surface area contributed by atoms with Gasteiger partial charge in [0.05, 0.1) is 5.56 Å². The molecule has 1 N–H and O–H groups in total. The van der Waals surface area contributed by atoms with E-state index in [-0.39, 0.29) is 5.91 Å². The maximum absolute atomic E-state index is 12.4. The van der Waals surface area contributed by atoms with Gasteiger partial charge in [-0.25, -0.2) is 4.79 Å². The van der Waals surface area contributed by atoms with Crippen molar-refractivity contribution in [2.45, 2.75) is 31.6 Å². The number of amides is 1. The van der Waals surface area contributed by atoms with Gasteiger partial charge in [-0.3, -0.25) is 4.79 Å². The number of hydrogen-bond donors (Lipinski definition) is 1. The minimum Gasteiger partial charge on any atom is -0.478 e. The van der Waals surface area contributed by atoms with Crippen molar-refractivity contribution in [1.82, 2.24) is 4.90 Å². The zero-order chi connectivity index (χ0) is 16.9. The van der Waals surface area contributed by atoms with E-state index in [0.29, 0.717) is 24.3 Å². The molecule has 1 aliphatic heterocycles. The highest BCUT2D eigenvalue weighted by molar-refractivity contribution is 7.07. The van der Waals surface area contributed by atoms with Crippen molar-refractivity contribution < 1.29 is 14.7 Å². The maximum atomic E-state index is 12.4. The van der Waals surface area contributed by atoms with Gasteiger partial charge in [-0.15, -0.1) is 0 Å². The van der Waals surface area contributed by atoms with Crippen LogP contribution in [-0.4, -0.2) is 35.0 Å². The molecule has 0 aliphatic carbocycles. The summed E-state index contributed by atoms with van der Waals surface area (Å²) >= 11 is 1.72. The number of hydrogen-bond acceptors (Lipinski definition) is 3. The minimum atomic E-state index is -0.936. The van der Waals surface area contributed by atoms with Crippen LogP contribution >= 0.6 is 11.3 Å². The van der Waals surface area contributed by atoms with Crippen LogP contribution in [0.15, 0.2) is 41.1 Å². The number of carboxylic acids is 1. The minimum absolute atomic E-state index is 0.124. The molecule has 0 saturated carbocycles. The lowest BCUT2D eigenvalue weighted by Crippen LogP contribution is -2.38. The highest BCUT2D eigenvalue weighted by Crippen LogP contribution is 2.29. The Bertz CT molecular complexity index is 703. The third-order valence-corrected chi connectivity index (χ3v) is 5.42. The summed E-state index contributed by atoms with van der Waals surface area (Å²) in [7, 11) is 0. The molecule has 1 amide bonds. The molecule has 24 heavy (non-hydrogen) atoms. The van der Waals surface area contributed by atoms with Crippen LogP contribution in [0.25, 0.3) is 0 Å². The molecule has 0 radical (unpaired) electrons. The fourth-order valence-electron chi connectivity index (χ4n) is 3.32. The largest absolute Gasteiger partial charge is 0.478 e. The second kappa shape index (κ2) is 7.62. The summed E-state index contributed by atoms with van der Waals surface area (Å²) < 4.78 is 0. The van der Waals surface area contributed by atoms with Gasteiger partial charge >= 0.3 is 5.97 Å². The fraction of sp³-hybridized carbons (Fsp3) is 0.368. The monoisotopic (exact) mass is 343 g/mol. The van der Waals surface area contributed by atoms with Gasteiger partial charge in [0.15, 0.2) is 0 Å². The topological polar surface area (TPSA) is 57.6 Å². The van der Waals surface area contributed by atoms with Gasteiger partial charge in [0.25, 0.3) is 0 Å². The Morgan fingerprint density at radius 1 is 1.17 bits per heavy atom. The van der Waals surface area contributed by atoms with Crippen LogP contribution < -0.4 is 0 Å². The number of carbonyl (C=O) groups excluding carboxylic acids is 1. The van der Waals surface area contributed by atoms with Crippen molar-refractivity contribution in [2.24, 2.45) is 0 Å². The summed E-state index contributed by atoms with van der Waals surface area (Å²) in [6.45, 7) is 1.58. The fourth-order valence-corrected chi connectivity index (χ4v) is 4.06. The summed E-state index contributed by atoms with van der Waals surface area (Å²) in [6.07, 6.45) is 2.86. The van der Waals surface area contributed by atoms with E-state index < -0.39 is 5.97 Å². The van der Waals surface area contributed by atoms with Crippen molar-refractivity contribution in [3.05, 3.63) is 57.8 Å². The van der Waals surface area contributed by atoms with Crippen LogP contribution in [0.3, 0.4) is 0 Å². The van der Waals surface area contributed by atoms with E-state index >= 15 is 0 Å². The third kappa shape index (κ3) is 3.85. The molecule has 1 saturated heterocycles. The number of nitrogens with zero attached hydrogens (tertiary/aromatic N) is 1. The smallest absolute Gasteiger partial charge is 0.335 e. The number of rotatable bonds is 5. The molecule has 1 aliphatic rings. The lowest BCUT2D eigenvalue weighted by Gasteiger charge is -2.32. The normalized spacial score (nSPS) is 15.4. The van der Waals surface area contributed by atoms with Crippen molar-refractivity contribution in [3.8, 4) is 0 Å². The number of aromatic carboxylic acids is 1. The predicted molar refractivity (Wildman–Crippen MR) is 94.6 cm³/mol. The summed E-state index contributed by atoms with van der Waals surface area (Å²) in [5, 5.41) is 13.5. The van der Waals surface area contributed by atoms with Crippen molar-refractivity contribution >= 4 is 23.2 Å². The Morgan fingerprint density at radius 2 is 1.92 bits per heavy atom. The first kappa shape index (κ1) is 16.7.